The van der Waals surface area contributed by atoms with Crippen molar-refractivity contribution in [2.75, 3.05) is 0 Å². The van der Waals surface area contributed by atoms with Gasteiger partial charge >= 0.3 is 0 Å². The fourth-order valence-corrected chi connectivity index (χ4v) is 7.36. The summed E-state index contributed by atoms with van der Waals surface area (Å²) in [6.45, 7) is 7.67. The molecule has 0 radical (unpaired) electrons. The van der Waals surface area contributed by atoms with Crippen LogP contribution >= 0.6 is 0 Å². The quantitative estimate of drug-likeness (QED) is 0.181. The van der Waals surface area contributed by atoms with Crippen LogP contribution in [0.2, 0.25) is 0 Å². The van der Waals surface area contributed by atoms with Gasteiger partial charge in [0.2, 0.25) is 0 Å². The van der Waals surface area contributed by atoms with E-state index in [1.807, 2.05) is 84.9 Å². The third-order valence-corrected chi connectivity index (χ3v) is 9.62. The lowest BCUT2D eigenvalue weighted by Crippen LogP contribution is -1.97. The van der Waals surface area contributed by atoms with E-state index in [9.17, 15) is 10.5 Å². The first kappa shape index (κ1) is 28.8. The third kappa shape index (κ3) is 4.38. The number of hydrogen-bond acceptors (Lipinski definition) is 2. The first-order valence-electron chi connectivity index (χ1n) is 16.3. The number of benzene rings is 7. The van der Waals surface area contributed by atoms with Gasteiger partial charge in [0.1, 0.15) is 0 Å². The summed E-state index contributed by atoms with van der Waals surface area (Å²) in [5.41, 5.74) is 11.8. The van der Waals surface area contributed by atoms with Crippen molar-refractivity contribution in [3.63, 3.8) is 0 Å². The maximum absolute atomic E-state index is 10.2. The summed E-state index contributed by atoms with van der Waals surface area (Å²) >= 11 is 0. The van der Waals surface area contributed by atoms with E-state index in [1.165, 1.54) is 0 Å². The Hall–Kier alpha value is -7.39. The number of para-hydroxylation sites is 3. The number of rotatable bonds is 4. The molecule has 0 bridgehead atoms. The Balaban J connectivity index is 1.19. The van der Waals surface area contributed by atoms with Gasteiger partial charge in [-0.1, -0.05) is 84.9 Å². The van der Waals surface area contributed by atoms with E-state index in [0.717, 1.165) is 77.2 Å². The van der Waals surface area contributed by atoms with Gasteiger partial charge in [-0.2, -0.15) is 10.5 Å². The molecule has 0 spiro atoms. The van der Waals surface area contributed by atoms with Gasteiger partial charge in [-0.05, 0) is 77.9 Å². The Morgan fingerprint density at radius 3 is 1.90 bits per heavy atom. The molecule has 0 saturated heterocycles. The third-order valence-electron chi connectivity index (χ3n) is 9.62. The van der Waals surface area contributed by atoms with Gasteiger partial charge in [0.25, 0.3) is 0 Å². The first-order valence-corrected chi connectivity index (χ1v) is 16.3. The number of fused-ring (bicyclic) bond motifs is 6. The topological polar surface area (TPSA) is 61.8 Å². The second-order valence-electron chi connectivity index (χ2n) is 12.3. The minimum Gasteiger partial charge on any atom is -0.310 e. The van der Waals surface area contributed by atoms with Gasteiger partial charge in [0.15, 0.2) is 5.69 Å². The van der Waals surface area contributed by atoms with Gasteiger partial charge in [0.05, 0.1) is 52.1 Å². The highest BCUT2D eigenvalue weighted by atomic mass is 15.0. The highest BCUT2D eigenvalue weighted by Gasteiger charge is 2.18. The van der Waals surface area contributed by atoms with Gasteiger partial charge in [-0.25, -0.2) is 4.85 Å². The largest absolute Gasteiger partial charge is 0.310 e. The Morgan fingerprint density at radius 1 is 0.480 bits per heavy atom. The Kier molecular flexibility index (Phi) is 6.56. The molecule has 2 heterocycles. The minimum absolute atomic E-state index is 0.593. The molecule has 0 aliphatic heterocycles. The second-order valence-corrected chi connectivity index (χ2v) is 12.3. The van der Waals surface area contributed by atoms with E-state index in [2.05, 4.69) is 92.8 Å². The van der Waals surface area contributed by atoms with Crippen LogP contribution in [0.25, 0.3) is 82.1 Å². The maximum atomic E-state index is 10.2. The smallest absolute Gasteiger partial charge is 0.189 e. The van der Waals surface area contributed by atoms with E-state index in [1.54, 1.807) is 0 Å². The summed E-state index contributed by atoms with van der Waals surface area (Å²) in [5.74, 6) is 0. The molecule has 50 heavy (non-hydrogen) atoms. The molecule has 0 amide bonds. The summed E-state index contributed by atoms with van der Waals surface area (Å²) < 4.78 is 4.46. The van der Waals surface area contributed by atoms with Crippen LogP contribution in [0, 0.1) is 29.2 Å². The summed E-state index contributed by atoms with van der Waals surface area (Å²) in [5, 5.41) is 24.1. The molecule has 0 N–H and O–H groups in total. The van der Waals surface area contributed by atoms with Crippen LogP contribution in [0.15, 0.2) is 152 Å². The van der Waals surface area contributed by atoms with Crippen molar-refractivity contribution in [1.29, 1.82) is 10.5 Å². The number of aromatic nitrogens is 2. The van der Waals surface area contributed by atoms with E-state index in [4.69, 9.17) is 6.57 Å². The van der Waals surface area contributed by atoms with E-state index in [0.29, 0.717) is 16.8 Å². The minimum atomic E-state index is 0.593. The van der Waals surface area contributed by atoms with Crippen LogP contribution in [-0.2, 0) is 0 Å². The van der Waals surface area contributed by atoms with E-state index < -0.39 is 0 Å². The number of nitrogens with zero attached hydrogens (tertiary/aromatic N) is 5. The fourth-order valence-electron chi connectivity index (χ4n) is 7.36. The number of hydrogen-bond donors (Lipinski definition) is 0. The molecule has 7 aromatic carbocycles. The Labute approximate surface area is 288 Å². The number of nitriles is 2. The normalized spacial score (nSPS) is 11.1. The van der Waals surface area contributed by atoms with Crippen molar-refractivity contribution in [2.24, 2.45) is 0 Å². The summed E-state index contributed by atoms with van der Waals surface area (Å²) in [7, 11) is 0. The average molecular weight is 636 g/mol. The molecule has 230 valence electrons. The molecule has 2 aromatic heterocycles. The van der Waals surface area contributed by atoms with Crippen molar-refractivity contribution in [1.82, 2.24) is 9.13 Å². The van der Waals surface area contributed by atoms with Crippen LogP contribution in [0.4, 0.5) is 5.69 Å². The van der Waals surface area contributed by atoms with Crippen LogP contribution in [0.5, 0.6) is 0 Å². The van der Waals surface area contributed by atoms with Crippen molar-refractivity contribution in [3.8, 4) is 45.8 Å². The van der Waals surface area contributed by atoms with Crippen LogP contribution in [0.1, 0.15) is 11.1 Å². The Morgan fingerprint density at radius 2 is 1.14 bits per heavy atom. The maximum Gasteiger partial charge on any atom is 0.189 e. The lowest BCUT2D eigenvalue weighted by Gasteiger charge is -2.16. The molecule has 0 unspecified atom stereocenters. The molecule has 0 aliphatic carbocycles. The fraction of sp³-hybridized carbons (Fsp3) is 0. The van der Waals surface area contributed by atoms with Gasteiger partial charge in [0, 0.05) is 43.9 Å². The molecule has 9 rings (SSSR count). The predicted octanol–water partition coefficient (Wildman–Crippen LogP) is 11.5. The summed E-state index contributed by atoms with van der Waals surface area (Å²) in [6.07, 6.45) is 0. The van der Waals surface area contributed by atoms with Crippen molar-refractivity contribution in [2.45, 2.75) is 0 Å². The average Bonchev–Trinajstić information content (AvgIpc) is 3.69. The molecule has 0 aliphatic rings. The van der Waals surface area contributed by atoms with Crippen LogP contribution in [0.3, 0.4) is 0 Å². The predicted molar refractivity (Wildman–Crippen MR) is 202 cm³/mol. The summed E-state index contributed by atoms with van der Waals surface area (Å²) in [4.78, 5) is 3.72. The highest BCUT2D eigenvalue weighted by Crippen LogP contribution is 2.39. The lowest BCUT2D eigenvalue weighted by atomic mass is 9.94. The molecule has 5 nitrogen and oxygen atoms in total. The zero-order chi connectivity index (χ0) is 33.8. The van der Waals surface area contributed by atoms with Gasteiger partial charge in [-0.15, -0.1) is 0 Å². The first-order chi connectivity index (χ1) is 24.7. The molecule has 0 atom stereocenters. The molecule has 0 fully saturated rings. The lowest BCUT2D eigenvalue weighted by molar-refractivity contribution is 1.18. The standard InChI is InChI=1S/C45H25N5/c1-48-33-19-22-38-36-9-3-7-13-43(36)50(45(38)26-33)41-11-5-2-8-35(41)31-15-16-32(28-47)39(25-31)30-17-20-34(21-18-30)49-42-12-6-4-10-37(42)40-24-29(27-46)14-23-44(40)49/h2-26H. The van der Waals surface area contributed by atoms with Crippen LogP contribution < -0.4 is 0 Å². The zero-order valence-corrected chi connectivity index (χ0v) is 26.7. The zero-order valence-electron chi connectivity index (χ0n) is 26.7. The highest BCUT2D eigenvalue weighted by molar-refractivity contribution is 6.11. The molecular formula is C45H25N5. The molecule has 5 heteroatoms. The SMILES string of the molecule is [C-]#[N+]c1ccc2c3ccccc3n(-c3ccccc3-c3ccc(C#N)c(-c4ccc(-n5c6ccccc6c6cc(C#N)ccc65)cc4)c3)c2c1. The molecular weight excluding hydrogens is 611 g/mol. The monoisotopic (exact) mass is 635 g/mol. The van der Waals surface area contributed by atoms with Crippen molar-refractivity contribution < 1.29 is 0 Å². The second kappa shape index (κ2) is 11.4. The van der Waals surface area contributed by atoms with E-state index >= 15 is 0 Å². The van der Waals surface area contributed by atoms with Gasteiger partial charge < -0.3 is 9.13 Å². The van der Waals surface area contributed by atoms with Crippen molar-refractivity contribution >= 4 is 49.3 Å². The van der Waals surface area contributed by atoms with Gasteiger partial charge in [-0.3, -0.25) is 0 Å². The molecule has 0 saturated carbocycles. The summed E-state index contributed by atoms with van der Waals surface area (Å²) in [6, 6.07) is 55.6. The molecule has 9 aromatic rings. The van der Waals surface area contributed by atoms with E-state index in [-0.39, 0.29) is 0 Å². The Bertz CT molecular complexity index is 2960. The van der Waals surface area contributed by atoms with Crippen LogP contribution in [-0.4, -0.2) is 9.13 Å². The van der Waals surface area contributed by atoms with Crippen molar-refractivity contribution in [3.05, 3.63) is 174 Å².